The number of hydrogen-bond donors (Lipinski definition) is 0. The van der Waals surface area contributed by atoms with Gasteiger partial charge in [-0.25, -0.2) is 4.39 Å². The van der Waals surface area contributed by atoms with Crippen molar-refractivity contribution in [2.45, 2.75) is 38.6 Å². The molecule has 3 rings (SSSR count). The van der Waals surface area contributed by atoms with Crippen LogP contribution in [-0.4, -0.2) is 23.4 Å². The first-order valence-corrected chi connectivity index (χ1v) is 6.73. The maximum Gasteiger partial charge on any atom is 0.257 e. The van der Waals surface area contributed by atoms with E-state index in [9.17, 15) is 9.18 Å². The molecule has 0 N–H and O–H groups in total. The molecule has 3 heteroatoms. The largest absolute Gasteiger partial charge is 0.335 e. The molecule has 0 heterocycles. The van der Waals surface area contributed by atoms with Crippen LogP contribution in [0.25, 0.3) is 0 Å². The average Bonchev–Trinajstić information content (AvgIpc) is 3.22. The second kappa shape index (κ2) is 4.38. The highest BCUT2D eigenvalue weighted by Gasteiger charge is 2.37. The lowest BCUT2D eigenvalue weighted by molar-refractivity contribution is 0.0730. The molecule has 96 valence electrons. The molecule has 0 saturated heterocycles. The second-order valence-corrected chi connectivity index (χ2v) is 5.57. The van der Waals surface area contributed by atoms with Gasteiger partial charge >= 0.3 is 0 Å². The van der Waals surface area contributed by atoms with E-state index in [1.165, 1.54) is 12.8 Å². The molecular weight excluding hydrogens is 229 g/mol. The van der Waals surface area contributed by atoms with Gasteiger partial charge in [0.2, 0.25) is 0 Å². The van der Waals surface area contributed by atoms with Gasteiger partial charge < -0.3 is 4.90 Å². The van der Waals surface area contributed by atoms with Gasteiger partial charge in [-0.3, -0.25) is 4.79 Å². The predicted molar refractivity (Wildman–Crippen MR) is 67.9 cm³/mol. The highest BCUT2D eigenvalue weighted by molar-refractivity contribution is 5.95. The molecule has 2 fully saturated rings. The van der Waals surface area contributed by atoms with E-state index in [4.69, 9.17) is 0 Å². The first-order valence-electron chi connectivity index (χ1n) is 6.73. The Balaban J connectivity index is 1.84. The molecule has 2 aliphatic rings. The summed E-state index contributed by atoms with van der Waals surface area (Å²) >= 11 is 0. The van der Waals surface area contributed by atoms with Crippen LogP contribution in [0.15, 0.2) is 18.2 Å². The van der Waals surface area contributed by atoms with Crippen LogP contribution in [-0.2, 0) is 0 Å². The first-order chi connectivity index (χ1) is 8.66. The molecular formula is C15H18FNO. The maximum atomic E-state index is 14.0. The molecule has 0 spiro atoms. The van der Waals surface area contributed by atoms with E-state index in [1.54, 1.807) is 25.1 Å². The van der Waals surface area contributed by atoms with Gasteiger partial charge in [0.15, 0.2) is 0 Å². The van der Waals surface area contributed by atoms with E-state index in [-0.39, 0.29) is 17.3 Å². The van der Waals surface area contributed by atoms with E-state index in [0.717, 1.165) is 19.4 Å². The third-order valence-electron chi connectivity index (χ3n) is 3.82. The molecule has 18 heavy (non-hydrogen) atoms. The summed E-state index contributed by atoms with van der Waals surface area (Å²) in [4.78, 5) is 14.3. The minimum Gasteiger partial charge on any atom is -0.335 e. The average molecular weight is 247 g/mol. The lowest BCUT2D eigenvalue weighted by Crippen LogP contribution is -2.35. The summed E-state index contributed by atoms with van der Waals surface area (Å²) in [5, 5.41) is 0. The lowest BCUT2D eigenvalue weighted by Gasteiger charge is -2.22. The number of halogens is 1. The zero-order chi connectivity index (χ0) is 12.7. The Bertz CT molecular complexity index is 477. The Morgan fingerprint density at radius 1 is 1.33 bits per heavy atom. The molecule has 1 aromatic rings. The Morgan fingerprint density at radius 2 is 2.06 bits per heavy atom. The van der Waals surface area contributed by atoms with E-state index in [1.807, 2.05) is 4.90 Å². The molecule has 0 atom stereocenters. The Kier molecular flexibility index (Phi) is 2.84. The third kappa shape index (κ3) is 2.26. The highest BCUT2D eigenvalue weighted by atomic mass is 19.1. The van der Waals surface area contributed by atoms with Crippen LogP contribution in [0.4, 0.5) is 4.39 Å². The van der Waals surface area contributed by atoms with Crippen LogP contribution >= 0.6 is 0 Å². The first kappa shape index (κ1) is 11.7. The molecule has 0 aliphatic heterocycles. The summed E-state index contributed by atoms with van der Waals surface area (Å²) in [6, 6.07) is 5.42. The number of rotatable bonds is 4. The van der Waals surface area contributed by atoms with Crippen LogP contribution in [0.1, 0.15) is 41.6 Å². The summed E-state index contributed by atoms with van der Waals surface area (Å²) < 4.78 is 14.0. The molecule has 1 aromatic carbocycles. The number of benzene rings is 1. The van der Waals surface area contributed by atoms with E-state index in [0.29, 0.717) is 17.5 Å². The van der Waals surface area contributed by atoms with E-state index < -0.39 is 0 Å². The molecule has 0 unspecified atom stereocenters. The van der Waals surface area contributed by atoms with Gasteiger partial charge in [-0.2, -0.15) is 0 Å². The van der Waals surface area contributed by atoms with Crippen molar-refractivity contribution >= 4 is 5.91 Å². The van der Waals surface area contributed by atoms with Crippen molar-refractivity contribution < 1.29 is 9.18 Å². The van der Waals surface area contributed by atoms with E-state index in [2.05, 4.69) is 0 Å². The second-order valence-electron chi connectivity index (χ2n) is 5.57. The van der Waals surface area contributed by atoms with Gasteiger partial charge in [-0.15, -0.1) is 0 Å². The van der Waals surface area contributed by atoms with Crippen molar-refractivity contribution in [2.24, 2.45) is 5.92 Å². The van der Waals surface area contributed by atoms with Crippen molar-refractivity contribution in [3.05, 3.63) is 35.1 Å². The maximum absolute atomic E-state index is 14.0. The van der Waals surface area contributed by atoms with Crippen LogP contribution < -0.4 is 0 Å². The van der Waals surface area contributed by atoms with E-state index >= 15 is 0 Å². The summed E-state index contributed by atoms with van der Waals surface area (Å²) in [6.07, 6.45) is 4.58. The van der Waals surface area contributed by atoms with Gasteiger partial charge in [-0.1, -0.05) is 12.1 Å². The Labute approximate surface area is 107 Å². The fourth-order valence-electron chi connectivity index (χ4n) is 2.33. The number of carbonyl (C=O) groups is 1. The number of hydrogen-bond acceptors (Lipinski definition) is 1. The Hall–Kier alpha value is -1.38. The van der Waals surface area contributed by atoms with Crippen LogP contribution in [0.3, 0.4) is 0 Å². The number of nitrogens with zero attached hydrogens (tertiary/aromatic N) is 1. The van der Waals surface area contributed by atoms with Crippen molar-refractivity contribution in [3.8, 4) is 0 Å². The van der Waals surface area contributed by atoms with Crippen molar-refractivity contribution in [1.82, 2.24) is 4.90 Å². The minimum absolute atomic E-state index is 0.120. The van der Waals surface area contributed by atoms with Gasteiger partial charge in [0.25, 0.3) is 5.91 Å². The molecule has 2 aliphatic carbocycles. The lowest BCUT2D eigenvalue weighted by atomic mass is 10.1. The highest BCUT2D eigenvalue weighted by Crippen LogP contribution is 2.35. The Morgan fingerprint density at radius 3 is 2.67 bits per heavy atom. The molecule has 2 nitrogen and oxygen atoms in total. The molecule has 1 amide bonds. The summed E-state index contributed by atoms with van der Waals surface area (Å²) in [5.41, 5.74) is 0.783. The van der Waals surface area contributed by atoms with Crippen molar-refractivity contribution in [3.63, 3.8) is 0 Å². The zero-order valence-electron chi connectivity index (χ0n) is 10.7. The molecule has 0 bridgehead atoms. The fraction of sp³-hybridized carbons (Fsp3) is 0.533. The zero-order valence-corrected chi connectivity index (χ0v) is 10.7. The summed E-state index contributed by atoms with van der Waals surface area (Å²) in [6.45, 7) is 2.52. The molecule has 0 aromatic heterocycles. The fourth-order valence-corrected chi connectivity index (χ4v) is 2.33. The number of carbonyl (C=O) groups excluding carboxylic acids is 1. The van der Waals surface area contributed by atoms with Gasteiger partial charge in [-0.05, 0) is 50.2 Å². The SMILES string of the molecule is Cc1cccc(C(=O)N(CC2CC2)C2CC2)c1F. The van der Waals surface area contributed by atoms with Gasteiger partial charge in [0.05, 0.1) is 5.56 Å². The summed E-state index contributed by atoms with van der Waals surface area (Å²) in [7, 11) is 0. The smallest absolute Gasteiger partial charge is 0.257 e. The van der Waals surface area contributed by atoms with Gasteiger partial charge in [0, 0.05) is 12.6 Å². The van der Waals surface area contributed by atoms with Crippen LogP contribution in [0, 0.1) is 18.7 Å². The topological polar surface area (TPSA) is 20.3 Å². The minimum atomic E-state index is -0.357. The predicted octanol–water partition coefficient (Wildman–Crippen LogP) is 3.15. The molecule has 2 saturated carbocycles. The molecule has 0 radical (unpaired) electrons. The quantitative estimate of drug-likeness (QED) is 0.800. The standard InChI is InChI=1S/C15H18FNO/c1-10-3-2-4-13(14(10)16)15(18)17(12-7-8-12)9-11-5-6-11/h2-4,11-12H,5-9H2,1H3. The monoisotopic (exact) mass is 247 g/mol. The van der Waals surface area contributed by atoms with Crippen molar-refractivity contribution in [2.75, 3.05) is 6.54 Å². The van der Waals surface area contributed by atoms with Crippen LogP contribution in [0.2, 0.25) is 0 Å². The third-order valence-corrected chi connectivity index (χ3v) is 3.82. The normalized spacial score (nSPS) is 18.8. The van der Waals surface area contributed by atoms with Crippen LogP contribution in [0.5, 0.6) is 0 Å². The number of aryl methyl sites for hydroxylation is 1. The van der Waals surface area contributed by atoms with Crippen molar-refractivity contribution in [1.29, 1.82) is 0 Å². The summed E-state index contributed by atoms with van der Waals surface area (Å²) in [5.74, 6) is 0.178. The number of amides is 1. The van der Waals surface area contributed by atoms with Gasteiger partial charge in [0.1, 0.15) is 5.82 Å².